The summed E-state index contributed by atoms with van der Waals surface area (Å²) in [4.78, 5) is 14.0. The molecule has 1 atom stereocenters. The highest BCUT2D eigenvalue weighted by Gasteiger charge is 2.33. The van der Waals surface area contributed by atoms with E-state index in [9.17, 15) is 9.90 Å². The molecule has 2 aliphatic heterocycles. The maximum atomic E-state index is 12.1. The van der Waals surface area contributed by atoms with Crippen LogP contribution in [0.25, 0.3) is 0 Å². The van der Waals surface area contributed by atoms with Gasteiger partial charge in [0.1, 0.15) is 0 Å². The molecular formula is C11H20N2O2. The zero-order valence-electron chi connectivity index (χ0n) is 9.11. The number of nitrogens with zero attached hydrogens (tertiary/aromatic N) is 1. The highest BCUT2D eigenvalue weighted by molar-refractivity contribution is 5.80. The monoisotopic (exact) mass is 212 g/mol. The van der Waals surface area contributed by atoms with E-state index in [2.05, 4.69) is 5.32 Å². The number of hydrogen-bond acceptors (Lipinski definition) is 3. The van der Waals surface area contributed by atoms with Crippen LogP contribution in [0, 0.1) is 5.92 Å². The second-order valence-electron chi connectivity index (χ2n) is 4.57. The Morgan fingerprint density at radius 2 is 2.13 bits per heavy atom. The van der Waals surface area contributed by atoms with Crippen molar-refractivity contribution >= 4 is 5.91 Å². The number of amides is 1. The molecule has 2 heterocycles. The van der Waals surface area contributed by atoms with Crippen LogP contribution in [0.5, 0.6) is 0 Å². The molecule has 4 nitrogen and oxygen atoms in total. The molecule has 2 N–H and O–H groups in total. The smallest absolute Gasteiger partial charge is 0.228 e. The molecular weight excluding hydrogens is 192 g/mol. The lowest BCUT2D eigenvalue weighted by molar-refractivity contribution is -0.140. The van der Waals surface area contributed by atoms with Crippen LogP contribution in [0.1, 0.15) is 25.7 Å². The molecule has 0 aromatic carbocycles. The van der Waals surface area contributed by atoms with E-state index in [0.29, 0.717) is 0 Å². The number of aliphatic hydroxyl groups is 1. The standard InChI is InChI=1S/C11H20N2O2/c14-8-10-4-2-1-3-5-13(10)11(15)9-6-12-7-9/h9-10,12,14H,1-8H2. The summed E-state index contributed by atoms with van der Waals surface area (Å²) in [6, 6.07) is 0.0700. The molecule has 0 bridgehead atoms. The summed E-state index contributed by atoms with van der Waals surface area (Å²) in [5, 5.41) is 12.4. The Morgan fingerprint density at radius 3 is 2.73 bits per heavy atom. The molecule has 2 saturated heterocycles. The third kappa shape index (κ3) is 2.32. The molecule has 1 unspecified atom stereocenters. The molecule has 4 heteroatoms. The molecule has 1 amide bonds. The lowest BCUT2D eigenvalue weighted by Gasteiger charge is -2.35. The SMILES string of the molecule is O=C(C1CNC1)N1CCCCCC1CO. The van der Waals surface area contributed by atoms with E-state index >= 15 is 0 Å². The highest BCUT2D eigenvalue weighted by Crippen LogP contribution is 2.19. The normalized spacial score (nSPS) is 28.3. The van der Waals surface area contributed by atoms with Crippen molar-refractivity contribution in [2.24, 2.45) is 5.92 Å². The minimum atomic E-state index is 0.0700. The van der Waals surface area contributed by atoms with Gasteiger partial charge in [0.2, 0.25) is 5.91 Å². The van der Waals surface area contributed by atoms with Crippen molar-refractivity contribution in [2.45, 2.75) is 31.7 Å². The summed E-state index contributed by atoms with van der Waals surface area (Å²) in [5.74, 6) is 0.409. The third-order valence-corrected chi connectivity index (χ3v) is 3.50. The number of nitrogens with one attached hydrogen (secondary N) is 1. The van der Waals surface area contributed by atoms with Crippen LogP contribution in [0.4, 0.5) is 0 Å². The van der Waals surface area contributed by atoms with Gasteiger partial charge in [0.05, 0.1) is 18.6 Å². The van der Waals surface area contributed by atoms with Crippen LogP contribution in [0.3, 0.4) is 0 Å². The van der Waals surface area contributed by atoms with Crippen molar-refractivity contribution in [1.29, 1.82) is 0 Å². The summed E-state index contributed by atoms with van der Waals surface area (Å²) in [6.07, 6.45) is 4.37. The minimum Gasteiger partial charge on any atom is -0.394 e. The quantitative estimate of drug-likeness (QED) is 0.676. The van der Waals surface area contributed by atoms with Gasteiger partial charge >= 0.3 is 0 Å². The van der Waals surface area contributed by atoms with Gasteiger partial charge in [-0.1, -0.05) is 12.8 Å². The lowest BCUT2D eigenvalue weighted by Crippen LogP contribution is -2.54. The lowest BCUT2D eigenvalue weighted by atomic mass is 10.0. The van der Waals surface area contributed by atoms with Crippen molar-refractivity contribution in [1.82, 2.24) is 10.2 Å². The number of likely N-dealkylation sites (tertiary alicyclic amines) is 1. The summed E-state index contributed by atoms with van der Waals surface area (Å²) < 4.78 is 0. The Kier molecular flexibility index (Phi) is 3.59. The topological polar surface area (TPSA) is 52.6 Å². The van der Waals surface area contributed by atoms with Gasteiger partial charge in [0.25, 0.3) is 0 Å². The van der Waals surface area contributed by atoms with Crippen molar-refractivity contribution < 1.29 is 9.90 Å². The van der Waals surface area contributed by atoms with Gasteiger partial charge in [0, 0.05) is 19.6 Å². The Balaban J connectivity index is 1.98. The molecule has 0 aliphatic carbocycles. The maximum Gasteiger partial charge on any atom is 0.228 e. The Bertz CT molecular complexity index is 229. The average molecular weight is 212 g/mol. The molecule has 2 aliphatic rings. The van der Waals surface area contributed by atoms with Crippen molar-refractivity contribution in [3.63, 3.8) is 0 Å². The van der Waals surface area contributed by atoms with Gasteiger partial charge in [-0.15, -0.1) is 0 Å². The van der Waals surface area contributed by atoms with Gasteiger partial charge in [-0.3, -0.25) is 4.79 Å². The Morgan fingerprint density at radius 1 is 1.33 bits per heavy atom. The van der Waals surface area contributed by atoms with Crippen LogP contribution in [0.15, 0.2) is 0 Å². The molecule has 0 aromatic heterocycles. The number of rotatable bonds is 2. The predicted octanol–water partition coefficient (Wildman–Crippen LogP) is -0.0307. The zero-order chi connectivity index (χ0) is 10.7. The molecule has 86 valence electrons. The Labute approximate surface area is 90.6 Å². The van der Waals surface area contributed by atoms with E-state index in [4.69, 9.17) is 0 Å². The largest absolute Gasteiger partial charge is 0.394 e. The molecule has 15 heavy (non-hydrogen) atoms. The number of hydrogen-bond donors (Lipinski definition) is 2. The average Bonchev–Trinajstić information content (AvgIpc) is 2.39. The molecule has 2 rings (SSSR count). The maximum absolute atomic E-state index is 12.1. The zero-order valence-corrected chi connectivity index (χ0v) is 9.11. The number of carbonyl (C=O) groups excluding carboxylic acids is 1. The second-order valence-corrected chi connectivity index (χ2v) is 4.57. The first-order valence-corrected chi connectivity index (χ1v) is 5.95. The number of carbonyl (C=O) groups is 1. The number of aliphatic hydroxyl groups excluding tert-OH is 1. The van der Waals surface area contributed by atoms with Gasteiger partial charge in [0.15, 0.2) is 0 Å². The van der Waals surface area contributed by atoms with Crippen LogP contribution in [-0.2, 0) is 4.79 Å². The Hall–Kier alpha value is -0.610. The fourth-order valence-corrected chi connectivity index (χ4v) is 2.36. The molecule has 0 spiro atoms. The summed E-state index contributed by atoms with van der Waals surface area (Å²) in [6.45, 7) is 2.58. The molecule has 0 radical (unpaired) electrons. The van der Waals surface area contributed by atoms with Gasteiger partial charge in [-0.2, -0.15) is 0 Å². The van der Waals surface area contributed by atoms with Crippen LogP contribution >= 0.6 is 0 Å². The van der Waals surface area contributed by atoms with Crippen molar-refractivity contribution in [2.75, 3.05) is 26.2 Å². The first kappa shape index (κ1) is 10.9. The van der Waals surface area contributed by atoms with Gasteiger partial charge < -0.3 is 15.3 Å². The van der Waals surface area contributed by atoms with Crippen molar-refractivity contribution in [3.05, 3.63) is 0 Å². The summed E-state index contributed by atoms with van der Waals surface area (Å²) in [7, 11) is 0. The van der Waals surface area contributed by atoms with E-state index in [1.165, 1.54) is 6.42 Å². The predicted molar refractivity (Wildman–Crippen MR) is 57.4 cm³/mol. The first-order chi connectivity index (χ1) is 7.33. The van der Waals surface area contributed by atoms with E-state index < -0.39 is 0 Å². The van der Waals surface area contributed by atoms with Gasteiger partial charge in [-0.05, 0) is 12.8 Å². The van der Waals surface area contributed by atoms with Crippen LogP contribution in [-0.4, -0.2) is 48.2 Å². The third-order valence-electron chi connectivity index (χ3n) is 3.50. The second kappa shape index (κ2) is 4.94. The van der Waals surface area contributed by atoms with E-state index in [1.807, 2.05) is 4.90 Å². The molecule has 0 aromatic rings. The minimum absolute atomic E-state index is 0.0700. The molecule has 0 saturated carbocycles. The summed E-state index contributed by atoms with van der Waals surface area (Å²) >= 11 is 0. The molecule has 2 fully saturated rings. The highest BCUT2D eigenvalue weighted by atomic mass is 16.3. The van der Waals surface area contributed by atoms with Crippen LogP contribution < -0.4 is 5.32 Å². The van der Waals surface area contributed by atoms with Crippen molar-refractivity contribution in [3.8, 4) is 0 Å². The first-order valence-electron chi connectivity index (χ1n) is 5.95. The fourth-order valence-electron chi connectivity index (χ4n) is 2.36. The summed E-state index contributed by atoms with van der Waals surface area (Å²) in [5.41, 5.74) is 0. The van der Waals surface area contributed by atoms with E-state index in [1.54, 1.807) is 0 Å². The van der Waals surface area contributed by atoms with Crippen LogP contribution in [0.2, 0.25) is 0 Å². The van der Waals surface area contributed by atoms with Gasteiger partial charge in [-0.25, -0.2) is 0 Å². The van der Waals surface area contributed by atoms with E-state index in [-0.39, 0.29) is 24.5 Å². The fraction of sp³-hybridized carbons (Fsp3) is 0.909. The van der Waals surface area contributed by atoms with E-state index in [0.717, 1.165) is 38.9 Å².